The Balaban J connectivity index is 1.72. The minimum absolute atomic E-state index is 0.0206. The van der Waals surface area contributed by atoms with Gasteiger partial charge in [0.1, 0.15) is 6.10 Å². The highest BCUT2D eigenvalue weighted by Crippen LogP contribution is 2.36. The molecule has 2 amide bonds. The zero-order chi connectivity index (χ0) is 19.5. The minimum atomic E-state index is -0.645. The number of ether oxygens (including phenoxy) is 2. The first kappa shape index (κ1) is 19.6. The number of likely N-dealkylation sites (tertiary alicyclic amines) is 1. The standard InChI is InChI=1S/C21H28N2O4/c1-4-18(24)23-12-10-21(11-13-23,16-8-6-5-7-9-16)19(25)22-14-17-15-26-20(2,3)27-17/h4-9,17H,1,10-15H2,2-3H3,(H,22,25). The summed E-state index contributed by atoms with van der Waals surface area (Å²) in [6.07, 6.45) is 2.33. The summed E-state index contributed by atoms with van der Waals surface area (Å²) in [4.78, 5) is 26.9. The molecule has 1 aromatic rings. The van der Waals surface area contributed by atoms with Gasteiger partial charge in [0.2, 0.25) is 11.8 Å². The van der Waals surface area contributed by atoms with Gasteiger partial charge in [0.15, 0.2) is 5.79 Å². The van der Waals surface area contributed by atoms with Crippen molar-refractivity contribution >= 4 is 11.8 Å². The van der Waals surface area contributed by atoms with E-state index in [1.807, 2.05) is 44.2 Å². The monoisotopic (exact) mass is 372 g/mol. The Morgan fingerprint density at radius 3 is 2.48 bits per heavy atom. The first-order valence-electron chi connectivity index (χ1n) is 9.43. The van der Waals surface area contributed by atoms with Gasteiger partial charge in [0.05, 0.1) is 12.0 Å². The molecule has 1 N–H and O–H groups in total. The van der Waals surface area contributed by atoms with Gasteiger partial charge in [-0.15, -0.1) is 0 Å². The molecule has 3 rings (SSSR count). The molecule has 2 saturated heterocycles. The molecule has 1 atom stereocenters. The third-order valence-electron chi connectivity index (χ3n) is 5.42. The molecule has 146 valence electrons. The Hall–Kier alpha value is -2.18. The molecule has 0 saturated carbocycles. The smallest absolute Gasteiger partial charge is 0.245 e. The van der Waals surface area contributed by atoms with Crippen LogP contribution >= 0.6 is 0 Å². The summed E-state index contributed by atoms with van der Waals surface area (Å²) < 4.78 is 11.4. The number of rotatable bonds is 5. The molecule has 0 aliphatic carbocycles. The predicted octanol–water partition coefficient (Wildman–Crippen LogP) is 2.00. The van der Waals surface area contributed by atoms with Crippen molar-refractivity contribution in [2.75, 3.05) is 26.2 Å². The number of nitrogens with zero attached hydrogens (tertiary/aromatic N) is 1. The van der Waals surface area contributed by atoms with E-state index in [9.17, 15) is 9.59 Å². The van der Waals surface area contributed by atoms with Crippen LogP contribution in [0.25, 0.3) is 0 Å². The maximum absolute atomic E-state index is 13.3. The number of hydrogen-bond acceptors (Lipinski definition) is 4. The number of amides is 2. The van der Waals surface area contributed by atoms with E-state index in [4.69, 9.17) is 9.47 Å². The first-order valence-corrected chi connectivity index (χ1v) is 9.43. The van der Waals surface area contributed by atoms with Crippen LogP contribution < -0.4 is 5.32 Å². The number of nitrogens with one attached hydrogen (secondary N) is 1. The van der Waals surface area contributed by atoms with E-state index >= 15 is 0 Å². The Kier molecular flexibility index (Phi) is 5.67. The van der Waals surface area contributed by atoms with Crippen LogP contribution in [0.15, 0.2) is 43.0 Å². The number of hydrogen-bond donors (Lipinski definition) is 1. The lowest BCUT2D eigenvalue weighted by molar-refractivity contribution is -0.141. The minimum Gasteiger partial charge on any atom is -0.353 e. The highest BCUT2D eigenvalue weighted by Gasteiger charge is 2.44. The Labute approximate surface area is 160 Å². The SMILES string of the molecule is C=CC(=O)N1CCC(C(=O)NCC2COC(C)(C)O2)(c2ccccc2)CC1. The summed E-state index contributed by atoms with van der Waals surface area (Å²) in [7, 11) is 0. The van der Waals surface area contributed by atoms with Crippen LogP contribution in [0, 0.1) is 0 Å². The molecule has 2 fully saturated rings. The van der Waals surface area contributed by atoms with E-state index in [0.29, 0.717) is 39.1 Å². The molecular weight excluding hydrogens is 344 g/mol. The van der Waals surface area contributed by atoms with Gasteiger partial charge in [-0.3, -0.25) is 9.59 Å². The van der Waals surface area contributed by atoms with E-state index in [-0.39, 0.29) is 17.9 Å². The molecule has 2 aliphatic rings. The molecule has 2 aliphatic heterocycles. The predicted molar refractivity (Wildman–Crippen MR) is 102 cm³/mol. The molecule has 0 bridgehead atoms. The van der Waals surface area contributed by atoms with Crippen LogP contribution in [0.4, 0.5) is 0 Å². The quantitative estimate of drug-likeness (QED) is 0.803. The van der Waals surface area contributed by atoms with Crippen molar-refractivity contribution in [1.82, 2.24) is 10.2 Å². The van der Waals surface area contributed by atoms with Crippen LogP contribution in [0.1, 0.15) is 32.3 Å². The van der Waals surface area contributed by atoms with Crippen molar-refractivity contribution in [2.24, 2.45) is 0 Å². The average Bonchev–Trinajstić information content (AvgIpc) is 3.05. The molecule has 1 aromatic carbocycles. The summed E-state index contributed by atoms with van der Waals surface area (Å²) in [5.74, 6) is -0.716. The summed E-state index contributed by atoms with van der Waals surface area (Å²) in [5.41, 5.74) is 0.339. The number of carbonyl (C=O) groups is 2. The third kappa shape index (κ3) is 4.22. The molecular formula is C21H28N2O4. The van der Waals surface area contributed by atoms with Crippen molar-refractivity contribution in [3.63, 3.8) is 0 Å². The first-order chi connectivity index (χ1) is 12.9. The second-order valence-corrected chi connectivity index (χ2v) is 7.64. The van der Waals surface area contributed by atoms with E-state index in [0.717, 1.165) is 5.56 Å². The van der Waals surface area contributed by atoms with Gasteiger partial charge in [-0.1, -0.05) is 36.9 Å². The maximum Gasteiger partial charge on any atom is 0.245 e. The maximum atomic E-state index is 13.3. The van der Waals surface area contributed by atoms with Crippen molar-refractivity contribution in [2.45, 2.75) is 44.0 Å². The molecule has 0 aromatic heterocycles. The van der Waals surface area contributed by atoms with Gasteiger partial charge in [0.25, 0.3) is 0 Å². The second kappa shape index (κ2) is 7.82. The van der Waals surface area contributed by atoms with Crippen LogP contribution in [0.5, 0.6) is 0 Å². The Bertz CT molecular complexity index is 693. The fourth-order valence-corrected chi connectivity index (χ4v) is 3.88. The topological polar surface area (TPSA) is 67.9 Å². The van der Waals surface area contributed by atoms with Crippen molar-refractivity contribution in [3.05, 3.63) is 48.6 Å². The molecule has 27 heavy (non-hydrogen) atoms. The second-order valence-electron chi connectivity index (χ2n) is 7.64. The van der Waals surface area contributed by atoms with Gasteiger partial charge in [-0.05, 0) is 38.3 Å². The van der Waals surface area contributed by atoms with E-state index in [2.05, 4.69) is 11.9 Å². The van der Waals surface area contributed by atoms with Gasteiger partial charge in [0, 0.05) is 19.6 Å². The van der Waals surface area contributed by atoms with Crippen LogP contribution in [0.3, 0.4) is 0 Å². The van der Waals surface area contributed by atoms with E-state index in [1.54, 1.807) is 4.90 Å². The highest BCUT2D eigenvalue weighted by molar-refractivity contribution is 5.90. The summed E-state index contributed by atoms with van der Waals surface area (Å²) in [5, 5.41) is 3.06. The van der Waals surface area contributed by atoms with E-state index in [1.165, 1.54) is 6.08 Å². The largest absolute Gasteiger partial charge is 0.353 e. The number of benzene rings is 1. The van der Waals surface area contributed by atoms with Gasteiger partial charge >= 0.3 is 0 Å². The zero-order valence-electron chi connectivity index (χ0n) is 16.1. The molecule has 1 unspecified atom stereocenters. The van der Waals surface area contributed by atoms with Crippen molar-refractivity contribution in [1.29, 1.82) is 0 Å². The lowest BCUT2D eigenvalue weighted by Gasteiger charge is -2.41. The molecule has 6 heteroatoms. The van der Waals surface area contributed by atoms with Crippen LogP contribution in [-0.4, -0.2) is 54.8 Å². The van der Waals surface area contributed by atoms with Gasteiger partial charge in [-0.25, -0.2) is 0 Å². The lowest BCUT2D eigenvalue weighted by Crippen LogP contribution is -2.53. The molecule has 0 spiro atoms. The average molecular weight is 372 g/mol. The molecule has 6 nitrogen and oxygen atoms in total. The summed E-state index contributed by atoms with van der Waals surface area (Å²) in [6, 6.07) is 9.81. The summed E-state index contributed by atoms with van der Waals surface area (Å²) >= 11 is 0. The van der Waals surface area contributed by atoms with Gasteiger partial charge < -0.3 is 19.7 Å². The zero-order valence-corrected chi connectivity index (χ0v) is 16.1. The van der Waals surface area contributed by atoms with Crippen molar-refractivity contribution in [3.8, 4) is 0 Å². The molecule has 0 radical (unpaired) electrons. The van der Waals surface area contributed by atoms with Crippen LogP contribution in [0.2, 0.25) is 0 Å². The van der Waals surface area contributed by atoms with Crippen molar-refractivity contribution < 1.29 is 19.1 Å². The fourth-order valence-electron chi connectivity index (χ4n) is 3.88. The number of carbonyl (C=O) groups excluding carboxylic acids is 2. The highest BCUT2D eigenvalue weighted by atomic mass is 16.7. The van der Waals surface area contributed by atoms with Gasteiger partial charge in [-0.2, -0.15) is 0 Å². The molecule has 2 heterocycles. The normalized spacial score (nSPS) is 23.6. The third-order valence-corrected chi connectivity index (χ3v) is 5.42. The Morgan fingerprint density at radius 2 is 1.93 bits per heavy atom. The lowest BCUT2D eigenvalue weighted by atomic mass is 9.72. The number of piperidine rings is 1. The summed E-state index contributed by atoms with van der Waals surface area (Å²) in [6.45, 7) is 9.23. The van der Waals surface area contributed by atoms with E-state index < -0.39 is 11.2 Å². The van der Waals surface area contributed by atoms with Crippen LogP contribution in [-0.2, 0) is 24.5 Å². The fraction of sp³-hybridized carbons (Fsp3) is 0.524. The Morgan fingerprint density at radius 1 is 1.26 bits per heavy atom.